The highest BCUT2D eigenvalue weighted by Gasteiger charge is 2.17. The van der Waals surface area contributed by atoms with Crippen LogP contribution in [-0.4, -0.2) is 19.9 Å². The van der Waals surface area contributed by atoms with Crippen LogP contribution in [0.2, 0.25) is 0 Å². The lowest BCUT2D eigenvalue weighted by atomic mass is 9.90. The molecule has 0 amide bonds. The van der Waals surface area contributed by atoms with E-state index in [1.807, 2.05) is 84.9 Å². The second kappa shape index (κ2) is 11.8. The highest BCUT2D eigenvalue weighted by molar-refractivity contribution is 5.85. The largest absolute Gasteiger partial charge is 0.264 e. The number of nitrogens with zero attached hydrogens (tertiary/aromatic N) is 4. The maximum absolute atomic E-state index is 15.7. The molecule has 0 unspecified atom stereocenters. The molecule has 4 nitrogen and oxygen atoms in total. The van der Waals surface area contributed by atoms with Gasteiger partial charge in [0.2, 0.25) is 0 Å². The molecule has 0 aliphatic carbocycles. The van der Waals surface area contributed by atoms with Crippen LogP contribution in [0.25, 0.3) is 66.8 Å². The predicted octanol–water partition coefficient (Wildman–Crippen LogP) is 9.55. The first-order valence-electron chi connectivity index (χ1n) is 14.0. The molecule has 0 aliphatic rings. The van der Waals surface area contributed by atoms with Crippen molar-refractivity contribution in [2.24, 2.45) is 0 Å². The van der Waals surface area contributed by atoms with Crippen molar-refractivity contribution in [1.29, 1.82) is 0 Å². The van der Waals surface area contributed by atoms with Crippen LogP contribution < -0.4 is 0 Å². The van der Waals surface area contributed by atoms with Gasteiger partial charge in [0.15, 0.2) is 0 Å². The maximum Gasteiger partial charge on any atom is 0.133 e. The fourth-order valence-electron chi connectivity index (χ4n) is 5.36. The Hall–Kier alpha value is -5.88. The van der Waals surface area contributed by atoms with Gasteiger partial charge in [-0.3, -0.25) is 19.9 Å². The van der Waals surface area contributed by atoms with Crippen LogP contribution in [0, 0.1) is 11.6 Å². The summed E-state index contributed by atoms with van der Waals surface area (Å²) in [4.78, 5) is 17.1. The normalized spacial score (nSPS) is 11.0. The van der Waals surface area contributed by atoms with Crippen LogP contribution in [0.15, 0.2) is 147 Å². The molecule has 44 heavy (non-hydrogen) atoms. The van der Waals surface area contributed by atoms with Gasteiger partial charge in [0.05, 0.1) is 0 Å². The van der Waals surface area contributed by atoms with E-state index < -0.39 is 11.6 Å². The molecular formula is C38H24F2N4. The molecule has 0 spiro atoms. The monoisotopic (exact) mass is 574 g/mol. The lowest BCUT2D eigenvalue weighted by molar-refractivity contribution is 0.588. The predicted molar refractivity (Wildman–Crippen MR) is 170 cm³/mol. The van der Waals surface area contributed by atoms with Crippen molar-refractivity contribution < 1.29 is 8.78 Å². The molecule has 6 heteroatoms. The van der Waals surface area contributed by atoms with E-state index in [0.717, 1.165) is 50.6 Å². The van der Waals surface area contributed by atoms with Crippen molar-refractivity contribution >= 4 is 0 Å². The Morgan fingerprint density at radius 3 is 0.886 bits per heavy atom. The minimum absolute atomic E-state index is 0.284. The number of pyridine rings is 4. The fourth-order valence-corrected chi connectivity index (χ4v) is 5.36. The van der Waals surface area contributed by atoms with Gasteiger partial charge in [0.1, 0.15) is 11.6 Å². The summed E-state index contributed by atoms with van der Waals surface area (Å²) in [7, 11) is 0. The molecule has 7 aromatic rings. The molecule has 210 valence electrons. The first-order chi connectivity index (χ1) is 21.6. The summed E-state index contributed by atoms with van der Waals surface area (Å²) in [5.41, 5.74) is 8.75. The topological polar surface area (TPSA) is 51.6 Å². The molecule has 0 aliphatic heterocycles. The van der Waals surface area contributed by atoms with Gasteiger partial charge in [0, 0.05) is 89.0 Å². The average Bonchev–Trinajstić information content (AvgIpc) is 3.09. The van der Waals surface area contributed by atoms with E-state index in [4.69, 9.17) is 0 Å². The first-order valence-corrected chi connectivity index (χ1v) is 14.0. The van der Waals surface area contributed by atoms with Gasteiger partial charge in [0.25, 0.3) is 0 Å². The van der Waals surface area contributed by atoms with Crippen molar-refractivity contribution in [3.8, 4) is 66.8 Å². The molecule has 0 fully saturated rings. The number of halogens is 2. The highest BCUT2D eigenvalue weighted by atomic mass is 19.1. The molecule has 0 atom stereocenters. The van der Waals surface area contributed by atoms with E-state index >= 15 is 8.78 Å². The van der Waals surface area contributed by atoms with Gasteiger partial charge in [-0.2, -0.15) is 0 Å². The lowest BCUT2D eigenvalue weighted by Crippen LogP contribution is -1.94. The summed E-state index contributed by atoms with van der Waals surface area (Å²) < 4.78 is 31.4. The molecule has 7 rings (SSSR count). The van der Waals surface area contributed by atoms with Crippen LogP contribution >= 0.6 is 0 Å². The minimum Gasteiger partial charge on any atom is -0.264 e. The Kier molecular flexibility index (Phi) is 7.22. The summed E-state index contributed by atoms with van der Waals surface area (Å²) in [6, 6.07) is 29.5. The Bertz CT molecular complexity index is 1810. The van der Waals surface area contributed by atoms with E-state index in [0.29, 0.717) is 11.1 Å². The number of aromatic nitrogens is 4. The summed E-state index contributed by atoms with van der Waals surface area (Å²) in [6.07, 6.45) is 13.9. The van der Waals surface area contributed by atoms with E-state index in [9.17, 15) is 0 Å². The smallest absolute Gasteiger partial charge is 0.133 e. The summed E-state index contributed by atoms with van der Waals surface area (Å²) in [5, 5.41) is 0. The van der Waals surface area contributed by atoms with Crippen molar-refractivity contribution in [3.63, 3.8) is 0 Å². The Morgan fingerprint density at radius 2 is 0.614 bits per heavy atom. The summed E-state index contributed by atoms with van der Waals surface area (Å²) >= 11 is 0. The molecule has 4 aromatic heterocycles. The van der Waals surface area contributed by atoms with E-state index in [1.54, 1.807) is 55.6 Å². The molecule has 4 heterocycles. The zero-order chi connectivity index (χ0) is 29.9. The first kappa shape index (κ1) is 27.0. The number of hydrogen-bond donors (Lipinski definition) is 0. The number of rotatable bonds is 6. The van der Waals surface area contributed by atoms with Gasteiger partial charge in [-0.25, -0.2) is 8.78 Å². The van der Waals surface area contributed by atoms with Crippen LogP contribution in [0.1, 0.15) is 0 Å². The summed E-state index contributed by atoms with van der Waals surface area (Å²) in [5.74, 6) is -1.30. The van der Waals surface area contributed by atoms with Gasteiger partial charge < -0.3 is 0 Å². The Labute approximate surface area is 253 Å². The third-order valence-electron chi connectivity index (χ3n) is 7.52. The zero-order valence-corrected chi connectivity index (χ0v) is 23.4. The molecule has 0 radical (unpaired) electrons. The van der Waals surface area contributed by atoms with Crippen LogP contribution in [0.3, 0.4) is 0 Å². The number of benzene rings is 3. The second-order valence-electron chi connectivity index (χ2n) is 10.4. The highest BCUT2D eigenvalue weighted by Crippen LogP contribution is 2.38. The van der Waals surface area contributed by atoms with Gasteiger partial charge in [-0.15, -0.1) is 0 Å². The molecule has 3 aromatic carbocycles. The van der Waals surface area contributed by atoms with Crippen LogP contribution in [0.4, 0.5) is 8.78 Å². The lowest BCUT2D eigenvalue weighted by Gasteiger charge is -2.15. The van der Waals surface area contributed by atoms with Gasteiger partial charge in [-0.1, -0.05) is 24.3 Å². The van der Waals surface area contributed by atoms with Crippen LogP contribution in [0.5, 0.6) is 0 Å². The Balaban J connectivity index is 1.43. The molecular weight excluding hydrogens is 550 g/mol. The maximum atomic E-state index is 15.7. The fraction of sp³-hybridized carbons (Fsp3) is 0. The molecule has 0 N–H and O–H groups in total. The SMILES string of the molecule is Fc1cc(F)c(-c2cc(-c3cccnc3)cc(-c3cccnc3)c2)cc1-c1cc(-c2cccnc2)cc(-c2cccnc2)c1. The van der Waals surface area contributed by atoms with E-state index in [1.165, 1.54) is 0 Å². The third-order valence-corrected chi connectivity index (χ3v) is 7.52. The van der Waals surface area contributed by atoms with E-state index in [2.05, 4.69) is 19.9 Å². The molecule has 0 bridgehead atoms. The molecule has 0 saturated carbocycles. The second-order valence-corrected chi connectivity index (χ2v) is 10.4. The summed E-state index contributed by atoms with van der Waals surface area (Å²) in [6.45, 7) is 0. The quantitative estimate of drug-likeness (QED) is 0.198. The van der Waals surface area contributed by atoms with Gasteiger partial charge >= 0.3 is 0 Å². The van der Waals surface area contributed by atoms with Crippen molar-refractivity contribution in [3.05, 3.63) is 158 Å². The van der Waals surface area contributed by atoms with Crippen molar-refractivity contribution in [1.82, 2.24) is 19.9 Å². The number of hydrogen-bond acceptors (Lipinski definition) is 4. The Morgan fingerprint density at radius 1 is 0.318 bits per heavy atom. The van der Waals surface area contributed by atoms with Crippen molar-refractivity contribution in [2.45, 2.75) is 0 Å². The zero-order valence-electron chi connectivity index (χ0n) is 23.4. The molecule has 0 saturated heterocycles. The average molecular weight is 575 g/mol. The van der Waals surface area contributed by atoms with Crippen LogP contribution in [-0.2, 0) is 0 Å². The van der Waals surface area contributed by atoms with Crippen molar-refractivity contribution in [2.75, 3.05) is 0 Å². The minimum atomic E-state index is -0.650. The van der Waals surface area contributed by atoms with E-state index in [-0.39, 0.29) is 11.1 Å². The third kappa shape index (κ3) is 5.49. The van der Waals surface area contributed by atoms with Gasteiger partial charge in [-0.05, 0) is 100 Å². The standard InChI is InChI=1S/C38H24F2N4/c39-37-20-38(40)36(34-17-31(27-7-3-11-43-23-27)14-32(18-34)28-8-4-12-44-24-28)19-35(37)33-15-29(25-5-1-9-41-21-25)13-30(16-33)26-6-2-10-42-22-26/h1-24H.